The molecule has 128 valence electrons. The van der Waals surface area contributed by atoms with Gasteiger partial charge in [-0.1, -0.05) is 18.7 Å². The minimum Gasteiger partial charge on any atom is -0.342 e. The molecule has 1 amide bonds. The van der Waals surface area contributed by atoms with Crippen LogP contribution >= 0.6 is 11.8 Å². The van der Waals surface area contributed by atoms with Crippen LogP contribution in [0.15, 0.2) is 29.7 Å². The Labute approximate surface area is 146 Å². The van der Waals surface area contributed by atoms with Gasteiger partial charge in [-0.25, -0.2) is 0 Å². The van der Waals surface area contributed by atoms with Crippen LogP contribution in [0.5, 0.6) is 0 Å². The number of hydrogen-bond acceptors (Lipinski definition) is 5. The molecule has 0 aromatic carbocycles. The average Bonchev–Trinajstić information content (AvgIpc) is 3.03. The third kappa shape index (κ3) is 3.77. The van der Waals surface area contributed by atoms with Gasteiger partial charge in [-0.3, -0.25) is 9.78 Å². The van der Waals surface area contributed by atoms with Gasteiger partial charge in [0.2, 0.25) is 5.91 Å². The van der Waals surface area contributed by atoms with Crippen molar-refractivity contribution in [2.24, 2.45) is 5.92 Å². The third-order valence-corrected chi connectivity index (χ3v) is 5.26. The Morgan fingerprint density at radius 1 is 1.33 bits per heavy atom. The average molecular weight is 345 g/mol. The number of nitrogens with zero attached hydrogens (tertiary/aromatic N) is 5. The summed E-state index contributed by atoms with van der Waals surface area (Å²) in [6.07, 6.45) is 5.82. The van der Waals surface area contributed by atoms with Gasteiger partial charge in [-0.15, -0.1) is 10.2 Å². The van der Waals surface area contributed by atoms with Crippen LogP contribution in [-0.2, 0) is 11.3 Å². The van der Waals surface area contributed by atoms with Crippen LogP contribution in [0.2, 0.25) is 0 Å². The van der Waals surface area contributed by atoms with Gasteiger partial charge in [0, 0.05) is 37.6 Å². The minimum absolute atomic E-state index is 0.197. The predicted molar refractivity (Wildman–Crippen MR) is 94.6 cm³/mol. The van der Waals surface area contributed by atoms with Crippen molar-refractivity contribution in [3.63, 3.8) is 0 Å². The lowest BCUT2D eigenvalue weighted by molar-refractivity contribution is -0.130. The van der Waals surface area contributed by atoms with Gasteiger partial charge in [-0.2, -0.15) is 0 Å². The van der Waals surface area contributed by atoms with Gasteiger partial charge in [-0.05, 0) is 37.8 Å². The molecule has 0 spiro atoms. The first kappa shape index (κ1) is 17.0. The Balaban J connectivity index is 1.67. The van der Waals surface area contributed by atoms with Crippen molar-refractivity contribution in [2.75, 3.05) is 18.8 Å². The zero-order valence-corrected chi connectivity index (χ0v) is 15.0. The lowest BCUT2D eigenvalue weighted by atomic mass is 10.0. The van der Waals surface area contributed by atoms with E-state index < -0.39 is 0 Å². The van der Waals surface area contributed by atoms with E-state index in [4.69, 9.17) is 0 Å². The fourth-order valence-electron chi connectivity index (χ4n) is 3.03. The molecule has 1 aliphatic heterocycles. The number of thioether (sulfide) groups is 1. The van der Waals surface area contributed by atoms with Gasteiger partial charge >= 0.3 is 0 Å². The molecule has 0 radical (unpaired) electrons. The SMILES string of the molecule is CCn1c(SCC(=O)N2CCC[C@H](C)C2)nnc1-c1ccncc1. The lowest BCUT2D eigenvalue weighted by Crippen LogP contribution is -2.40. The number of pyridine rings is 1. The van der Waals surface area contributed by atoms with Crippen LogP contribution < -0.4 is 0 Å². The summed E-state index contributed by atoms with van der Waals surface area (Å²) >= 11 is 1.47. The van der Waals surface area contributed by atoms with E-state index in [1.54, 1.807) is 12.4 Å². The fourth-order valence-corrected chi connectivity index (χ4v) is 3.93. The van der Waals surface area contributed by atoms with Gasteiger partial charge in [0.1, 0.15) is 0 Å². The Hall–Kier alpha value is -1.89. The molecule has 0 N–H and O–H groups in total. The molecule has 2 aromatic heterocycles. The van der Waals surface area contributed by atoms with Crippen molar-refractivity contribution in [1.82, 2.24) is 24.6 Å². The van der Waals surface area contributed by atoms with E-state index in [1.807, 2.05) is 21.6 Å². The Bertz CT molecular complexity index is 688. The second-order valence-electron chi connectivity index (χ2n) is 6.16. The Morgan fingerprint density at radius 3 is 2.83 bits per heavy atom. The number of amides is 1. The molecule has 0 unspecified atom stereocenters. The van der Waals surface area contributed by atoms with Crippen molar-refractivity contribution in [1.29, 1.82) is 0 Å². The summed E-state index contributed by atoms with van der Waals surface area (Å²) in [6, 6.07) is 3.84. The third-order valence-electron chi connectivity index (χ3n) is 4.31. The highest BCUT2D eigenvalue weighted by atomic mass is 32.2. The maximum Gasteiger partial charge on any atom is 0.233 e. The maximum absolute atomic E-state index is 12.4. The fraction of sp³-hybridized carbons (Fsp3) is 0.529. The summed E-state index contributed by atoms with van der Waals surface area (Å²) in [6.45, 7) is 6.80. The normalized spacial score (nSPS) is 17.9. The standard InChI is InChI=1S/C17H23N5OS/c1-3-22-16(14-6-8-18-9-7-14)19-20-17(22)24-12-15(23)21-10-4-5-13(2)11-21/h6-9,13H,3-5,10-12H2,1-2H3/t13-/m0/s1. The second-order valence-corrected chi connectivity index (χ2v) is 7.10. The molecule has 2 aromatic rings. The van der Waals surface area contributed by atoms with Crippen LogP contribution in [0, 0.1) is 5.92 Å². The quantitative estimate of drug-likeness (QED) is 0.780. The molecule has 24 heavy (non-hydrogen) atoms. The van der Waals surface area contributed by atoms with Gasteiger partial charge in [0.25, 0.3) is 0 Å². The predicted octanol–water partition coefficient (Wildman–Crippen LogP) is 2.71. The van der Waals surface area contributed by atoms with Gasteiger partial charge in [0.15, 0.2) is 11.0 Å². The molecule has 6 nitrogen and oxygen atoms in total. The molecular formula is C17H23N5OS. The Morgan fingerprint density at radius 2 is 2.12 bits per heavy atom. The number of carbonyl (C=O) groups excluding carboxylic acids is 1. The Kier molecular flexibility index (Phi) is 5.50. The molecule has 3 heterocycles. The number of piperidine rings is 1. The van der Waals surface area contributed by atoms with E-state index in [2.05, 4.69) is 29.0 Å². The minimum atomic E-state index is 0.197. The molecular weight excluding hydrogens is 322 g/mol. The first-order chi connectivity index (χ1) is 11.7. The first-order valence-electron chi connectivity index (χ1n) is 8.43. The number of carbonyl (C=O) groups is 1. The summed E-state index contributed by atoms with van der Waals surface area (Å²) in [5.74, 6) is 2.04. The summed E-state index contributed by atoms with van der Waals surface area (Å²) < 4.78 is 2.05. The van der Waals surface area contributed by atoms with Crippen LogP contribution in [0.4, 0.5) is 0 Å². The van der Waals surface area contributed by atoms with E-state index in [-0.39, 0.29) is 5.91 Å². The zero-order chi connectivity index (χ0) is 16.9. The molecule has 0 bridgehead atoms. The number of rotatable bonds is 5. The summed E-state index contributed by atoms with van der Waals surface area (Å²) in [5.41, 5.74) is 0.988. The summed E-state index contributed by atoms with van der Waals surface area (Å²) in [7, 11) is 0. The maximum atomic E-state index is 12.4. The van der Waals surface area contributed by atoms with Crippen molar-refractivity contribution in [3.05, 3.63) is 24.5 Å². The van der Waals surface area contributed by atoms with E-state index in [1.165, 1.54) is 18.2 Å². The van der Waals surface area contributed by atoms with Gasteiger partial charge < -0.3 is 9.47 Å². The lowest BCUT2D eigenvalue weighted by Gasteiger charge is -2.30. The summed E-state index contributed by atoms with van der Waals surface area (Å²) in [4.78, 5) is 18.5. The molecule has 0 aliphatic carbocycles. The molecule has 1 atom stereocenters. The topological polar surface area (TPSA) is 63.9 Å². The molecule has 1 aliphatic rings. The highest BCUT2D eigenvalue weighted by Gasteiger charge is 2.22. The summed E-state index contributed by atoms with van der Waals surface area (Å²) in [5, 5.41) is 9.37. The van der Waals surface area contributed by atoms with Crippen molar-refractivity contribution >= 4 is 17.7 Å². The van der Waals surface area contributed by atoms with E-state index in [9.17, 15) is 4.79 Å². The number of likely N-dealkylation sites (tertiary alicyclic amines) is 1. The highest BCUT2D eigenvalue weighted by Crippen LogP contribution is 2.24. The largest absolute Gasteiger partial charge is 0.342 e. The number of aromatic nitrogens is 4. The van der Waals surface area contributed by atoms with Crippen molar-refractivity contribution < 1.29 is 4.79 Å². The van der Waals surface area contributed by atoms with Crippen molar-refractivity contribution in [3.8, 4) is 11.4 Å². The number of hydrogen-bond donors (Lipinski definition) is 0. The van der Waals surface area contributed by atoms with E-state index >= 15 is 0 Å². The van der Waals surface area contributed by atoms with E-state index in [0.29, 0.717) is 11.7 Å². The highest BCUT2D eigenvalue weighted by molar-refractivity contribution is 7.99. The molecule has 7 heteroatoms. The smallest absolute Gasteiger partial charge is 0.233 e. The monoisotopic (exact) mass is 345 g/mol. The first-order valence-corrected chi connectivity index (χ1v) is 9.41. The van der Waals surface area contributed by atoms with Crippen LogP contribution in [0.1, 0.15) is 26.7 Å². The molecule has 1 fully saturated rings. The molecule has 1 saturated heterocycles. The molecule has 3 rings (SSSR count). The van der Waals surface area contributed by atoms with Crippen molar-refractivity contribution in [2.45, 2.75) is 38.4 Å². The van der Waals surface area contributed by atoms with Gasteiger partial charge in [0.05, 0.1) is 5.75 Å². The zero-order valence-electron chi connectivity index (χ0n) is 14.2. The van der Waals surface area contributed by atoms with E-state index in [0.717, 1.165) is 42.6 Å². The molecule has 0 saturated carbocycles. The van der Waals surface area contributed by atoms with Crippen LogP contribution in [0.25, 0.3) is 11.4 Å². The second kappa shape index (κ2) is 7.79. The van der Waals surface area contributed by atoms with Crippen LogP contribution in [0.3, 0.4) is 0 Å². The van der Waals surface area contributed by atoms with Crippen LogP contribution in [-0.4, -0.2) is 49.4 Å².